The number of aromatic nitrogens is 2. The van der Waals surface area contributed by atoms with Gasteiger partial charge in [-0.2, -0.15) is 0 Å². The molecule has 2 heterocycles. The van der Waals surface area contributed by atoms with E-state index in [1.807, 2.05) is 23.1 Å². The number of halogens is 1. The van der Waals surface area contributed by atoms with Gasteiger partial charge in [0.15, 0.2) is 0 Å². The van der Waals surface area contributed by atoms with Crippen molar-refractivity contribution < 1.29 is 4.39 Å². The van der Waals surface area contributed by atoms with E-state index < -0.39 is 0 Å². The molecule has 31 heavy (non-hydrogen) atoms. The molecule has 0 radical (unpaired) electrons. The minimum Gasteiger partial charge on any atom is -0.340 e. The molecule has 1 aromatic carbocycles. The van der Waals surface area contributed by atoms with E-state index in [-0.39, 0.29) is 5.82 Å². The third-order valence-corrected chi connectivity index (χ3v) is 8.66. The van der Waals surface area contributed by atoms with Crippen LogP contribution in [-0.4, -0.2) is 28.3 Å². The van der Waals surface area contributed by atoms with Crippen LogP contribution in [0.2, 0.25) is 0 Å². The smallest absolute Gasteiger partial charge is 0.141 e. The van der Waals surface area contributed by atoms with E-state index in [0.717, 1.165) is 5.69 Å². The van der Waals surface area contributed by atoms with E-state index in [9.17, 15) is 4.39 Å². The maximum atomic E-state index is 13.2. The van der Waals surface area contributed by atoms with Crippen molar-refractivity contribution >= 4 is 34.6 Å². The highest BCUT2D eigenvalue weighted by molar-refractivity contribution is 8.00. The van der Waals surface area contributed by atoms with Crippen molar-refractivity contribution in [3.63, 3.8) is 0 Å². The summed E-state index contributed by atoms with van der Waals surface area (Å²) in [4.78, 5) is 11.5. The van der Waals surface area contributed by atoms with Gasteiger partial charge in [0.05, 0.1) is 16.1 Å². The zero-order valence-electron chi connectivity index (χ0n) is 17.6. The Morgan fingerprint density at radius 1 is 1.00 bits per heavy atom. The van der Waals surface area contributed by atoms with Crippen LogP contribution in [0.25, 0.3) is 10.4 Å². The molecule has 3 aromatic rings. The lowest BCUT2D eigenvalue weighted by Gasteiger charge is -2.26. The molecule has 4 nitrogen and oxygen atoms in total. The Kier molecular flexibility index (Phi) is 6.25. The molecule has 0 unspecified atom stereocenters. The standard InChI is InChI=1S/C24H27FN4S2/c1-26-17-5-2-15(3-6-17)24-28-14-22(31-24)20-10-7-18(12-21(20)30-19-8-9-19)29-23-11-4-16(25)13-27-23/h4,7,10-15,17,19,26H,2-3,5-6,8-9H2,1H3,(H,27,29). The van der Waals surface area contributed by atoms with E-state index in [1.54, 1.807) is 6.07 Å². The van der Waals surface area contributed by atoms with E-state index in [0.29, 0.717) is 23.0 Å². The lowest BCUT2D eigenvalue weighted by Crippen LogP contribution is -2.29. The predicted molar refractivity (Wildman–Crippen MR) is 128 cm³/mol. The highest BCUT2D eigenvalue weighted by atomic mass is 32.2. The number of thioether (sulfide) groups is 1. The molecule has 0 spiro atoms. The van der Waals surface area contributed by atoms with Crippen molar-refractivity contribution in [1.29, 1.82) is 0 Å². The summed E-state index contributed by atoms with van der Waals surface area (Å²) in [7, 11) is 2.07. The number of hydrogen-bond acceptors (Lipinski definition) is 6. The van der Waals surface area contributed by atoms with Gasteiger partial charge in [-0.3, -0.25) is 0 Å². The second-order valence-electron chi connectivity index (χ2n) is 8.41. The van der Waals surface area contributed by atoms with Gasteiger partial charge in [-0.1, -0.05) is 6.07 Å². The van der Waals surface area contributed by atoms with Crippen molar-refractivity contribution in [3.8, 4) is 10.4 Å². The fourth-order valence-electron chi connectivity index (χ4n) is 4.09. The molecule has 2 aliphatic rings. The van der Waals surface area contributed by atoms with E-state index in [4.69, 9.17) is 4.98 Å². The van der Waals surface area contributed by atoms with Crippen molar-refractivity contribution in [2.45, 2.75) is 60.6 Å². The van der Waals surface area contributed by atoms with Crippen molar-refractivity contribution in [2.24, 2.45) is 0 Å². The van der Waals surface area contributed by atoms with Crippen LogP contribution in [0.3, 0.4) is 0 Å². The monoisotopic (exact) mass is 454 g/mol. The first-order valence-corrected chi connectivity index (χ1v) is 12.7. The molecule has 2 aromatic heterocycles. The molecule has 5 rings (SSSR count). The van der Waals surface area contributed by atoms with Crippen LogP contribution in [0, 0.1) is 5.82 Å². The average Bonchev–Trinajstić information content (AvgIpc) is 3.48. The minimum atomic E-state index is -0.327. The molecule has 0 atom stereocenters. The fraction of sp³-hybridized carbons (Fsp3) is 0.417. The van der Waals surface area contributed by atoms with Gasteiger partial charge >= 0.3 is 0 Å². The second kappa shape index (κ2) is 9.27. The van der Waals surface area contributed by atoms with Gasteiger partial charge in [0, 0.05) is 39.6 Å². The summed E-state index contributed by atoms with van der Waals surface area (Å²) in [6.07, 6.45) is 10.8. The summed E-state index contributed by atoms with van der Waals surface area (Å²) < 4.78 is 13.2. The molecule has 2 aliphatic carbocycles. The molecule has 0 aliphatic heterocycles. The van der Waals surface area contributed by atoms with Gasteiger partial charge in [0.25, 0.3) is 0 Å². The Balaban J connectivity index is 1.37. The number of thiazole rings is 1. The van der Waals surface area contributed by atoms with Gasteiger partial charge < -0.3 is 10.6 Å². The van der Waals surface area contributed by atoms with Crippen LogP contribution >= 0.6 is 23.1 Å². The molecule has 162 valence electrons. The predicted octanol–water partition coefficient (Wildman–Crippen LogP) is 6.59. The number of rotatable bonds is 7. The zero-order valence-corrected chi connectivity index (χ0v) is 19.2. The third-order valence-electron chi connectivity index (χ3n) is 6.07. The Morgan fingerprint density at radius 2 is 1.84 bits per heavy atom. The summed E-state index contributed by atoms with van der Waals surface area (Å²) >= 11 is 3.81. The van der Waals surface area contributed by atoms with Crippen LogP contribution in [0.1, 0.15) is 49.5 Å². The first-order valence-electron chi connectivity index (χ1n) is 11.0. The molecular formula is C24H27FN4S2. The number of nitrogens with one attached hydrogen (secondary N) is 2. The Morgan fingerprint density at radius 3 is 2.55 bits per heavy atom. The Labute approximate surface area is 191 Å². The number of pyridine rings is 1. The van der Waals surface area contributed by atoms with Crippen molar-refractivity contribution in [2.75, 3.05) is 12.4 Å². The third kappa shape index (κ3) is 5.10. The lowest BCUT2D eigenvalue weighted by atomic mass is 9.86. The van der Waals surface area contributed by atoms with Crippen LogP contribution < -0.4 is 10.6 Å². The summed E-state index contributed by atoms with van der Waals surface area (Å²) in [5.74, 6) is 0.911. The van der Waals surface area contributed by atoms with Gasteiger partial charge in [-0.05, 0) is 69.8 Å². The molecule has 0 saturated heterocycles. The maximum absolute atomic E-state index is 13.2. The zero-order chi connectivity index (χ0) is 21.2. The Bertz CT molecular complexity index is 1020. The SMILES string of the molecule is CNC1CCC(c2ncc(-c3ccc(Nc4ccc(F)cn4)cc3SC3CC3)s2)CC1. The molecule has 2 fully saturated rings. The molecule has 0 amide bonds. The van der Waals surface area contributed by atoms with Gasteiger partial charge in [0.2, 0.25) is 0 Å². The van der Waals surface area contributed by atoms with Crippen LogP contribution in [0.15, 0.2) is 47.6 Å². The van der Waals surface area contributed by atoms with E-state index >= 15 is 0 Å². The lowest BCUT2D eigenvalue weighted by molar-refractivity contribution is 0.358. The van der Waals surface area contributed by atoms with Gasteiger partial charge in [0.1, 0.15) is 11.6 Å². The first kappa shape index (κ1) is 20.9. The largest absolute Gasteiger partial charge is 0.340 e. The maximum Gasteiger partial charge on any atom is 0.141 e. The van der Waals surface area contributed by atoms with Crippen molar-refractivity contribution in [3.05, 3.63) is 53.6 Å². The second-order valence-corrected chi connectivity index (χ2v) is 10.8. The number of hydrogen-bond donors (Lipinski definition) is 2. The quantitative estimate of drug-likeness (QED) is 0.422. The number of benzene rings is 1. The first-order chi connectivity index (χ1) is 15.2. The number of anilines is 2. The van der Waals surface area contributed by atoms with Gasteiger partial charge in [-0.15, -0.1) is 23.1 Å². The highest BCUT2D eigenvalue weighted by Crippen LogP contribution is 2.46. The van der Waals surface area contributed by atoms with E-state index in [2.05, 4.69) is 47.1 Å². The summed E-state index contributed by atoms with van der Waals surface area (Å²) in [6, 6.07) is 10.2. The average molecular weight is 455 g/mol. The number of nitrogens with zero attached hydrogens (tertiary/aromatic N) is 2. The van der Waals surface area contributed by atoms with E-state index in [1.165, 1.54) is 71.1 Å². The molecule has 0 bridgehead atoms. The van der Waals surface area contributed by atoms with Crippen LogP contribution in [0.4, 0.5) is 15.9 Å². The Hall–Kier alpha value is -1.96. The highest BCUT2D eigenvalue weighted by Gasteiger charge is 2.26. The normalized spacial score (nSPS) is 21.2. The van der Waals surface area contributed by atoms with Crippen LogP contribution in [-0.2, 0) is 0 Å². The topological polar surface area (TPSA) is 49.8 Å². The molecule has 7 heteroatoms. The summed E-state index contributed by atoms with van der Waals surface area (Å²) in [5.41, 5.74) is 2.24. The van der Waals surface area contributed by atoms with Gasteiger partial charge in [-0.25, -0.2) is 14.4 Å². The molecular weight excluding hydrogens is 427 g/mol. The molecule has 2 saturated carbocycles. The summed E-state index contributed by atoms with van der Waals surface area (Å²) in [5, 5.41) is 8.71. The van der Waals surface area contributed by atoms with Crippen LogP contribution in [0.5, 0.6) is 0 Å². The van der Waals surface area contributed by atoms with Crippen molar-refractivity contribution in [1.82, 2.24) is 15.3 Å². The summed E-state index contributed by atoms with van der Waals surface area (Å²) in [6.45, 7) is 0. The molecule has 2 N–H and O–H groups in total. The fourth-order valence-corrected chi connectivity index (χ4v) is 6.52. The minimum absolute atomic E-state index is 0.327.